The maximum atomic E-state index is 13.3. The number of aromatic nitrogens is 3. The van der Waals surface area contributed by atoms with Crippen molar-refractivity contribution >= 4 is 45.2 Å². The highest BCUT2D eigenvalue weighted by Gasteiger charge is 2.36. The number of fused-ring (bicyclic) bond motifs is 1. The van der Waals surface area contributed by atoms with Gasteiger partial charge in [0.05, 0.1) is 5.57 Å². The third-order valence-corrected chi connectivity index (χ3v) is 5.64. The maximum absolute atomic E-state index is 13.3. The van der Waals surface area contributed by atoms with E-state index in [-0.39, 0.29) is 5.91 Å². The third kappa shape index (κ3) is 3.97. The first-order chi connectivity index (χ1) is 14.0. The number of furan rings is 1. The summed E-state index contributed by atoms with van der Waals surface area (Å²) in [5.41, 5.74) is 3.04. The van der Waals surface area contributed by atoms with Crippen LogP contribution in [0.2, 0.25) is 0 Å². The van der Waals surface area contributed by atoms with Crippen LogP contribution in [0.3, 0.4) is 0 Å². The molecule has 9 heteroatoms. The van der Waals surface area contributed by atoms with Gasteiger partial charge < -0.3 is 15.1 Å². The number of halogens is 1. The Labute approximate surface area is 181 Å². The van der Waals surface area contributed by atoms with Gasteiger partial charge in [0.15, 0.2) is 4.67 Å². The molecule has 1 amide bonds. The van der Waals surface area contributed by atoms with Crippen LogP contribution < -0.4 is 10.6 Å². The molecule has 2 N–H and O–H groups in total. The second-order valence-corrected chi connectivity index (χ2v) is 8.64. The molecule has 1 aliphatic rings. The van der Waals surface area contributed by atoms with Gasteiger partial charge in [-0.25, -0.2) is 4.68 Å². The van der Waals surface area contributed by atoms with Crippen molar-refractivity contribution in [3.05, 3.63) is 63.7 Å². The van der Waals surface area contributed by atoms with Crippen molar-refractivity contribution in [3.63, 3.8) is 0 Å². The van der Waals surface area contributed by atoms with Gasteiger partial charge in [0, 0.05) is 11.4 Å². The van der Waals surface area contributed by atoms with Crippen LogP contribution in [0.4, 0.5) is 11.6 Å². The van der Waals surface area contributed by atoms with Crippen molar-refractivity contribution in [1.29, 1.82) is 0 Å². The van der Waals surface area contributed by atoms with E-state index in [0.717, 1.165) is 17.0 Å². The average Bonchev–Trinajstić information content (AvgIpc) is 3.26. The van der Waals surface area contributed by atoms with Crippen LogP contribution in [-0.4, -0.2) is 26.4 Å². The fourth-order valence-electron chi connectivity index (χ4n) is 3.28. The molecule has 1 aromatic carbocycles. The summed E-state index contributed by atoms with van der Waals surface area (Å²) in [7, 11) is 0. The highest BCUT2D eigenvalue weighted by atomic mass is 79.9. The molecule has 3 heterocycles. The number of nitrogens with zero attached hydrogens (tertiary/aromatic N) is 3. The molecule has 0 fully saturated rings. The maximum Gasteiger partial charge on any atom is 0.256 e. The smallest absolute Gasteiger partial charge is 0.256 e. The molecule has 0 radical (unpaired) electrons. The van der Waals surface area contributed by atoms with Gasteiger partial charge in [0.25, 0.3) is 5.91 Å². The lowest BCUT2D eigenvalue weighted by molar-refractivity contribution is -0.113. The average molecular weight is 474 g/mol. The van der Waals surface area contributed by atoms with Crippen molar-refractivity contribution < 1.29 is 9.21 Å². The number of benzene rings is 1. The molecule has 1 aliphatic heterocycles. The number of hydrogen-bond acceptors (Lipinski definition) is 6. The lowest BCUT2D eigenvalue weighted by Gasteiger charge is -2.27. The van der Waals surface area contributed by atoms with E-state index in [9.17, 15) is 4.79 Å². The van der Waals surface area contributed by atoms with E-state index in [4.69, 9.17) is 4.42 Å². The van der Waals surface area contributed by atoms with Gasteiger partial charge in [-0.2, -0.15) is 4.98 Å². The van der Waals surface area contributed by atoms with Gasteiger partial charge in [0.1, 0.15) is 11.8 Å². The summed E-state index contributed by atoms with van der Waals surface area (Å²) in [5.74, 6) is 1.83. The number of thioether (sulfide) groups is 1. The Morgan fingerprint density at radius 1 is 1.34 bits per heavy atom. The SMILES string of the molecule is CCSc1nc2n(n1)C(c1ccc(Br)o1)C(C(=O)Nc1cccc(C)c1)=C(C)N2. The summed E-state index contributed by atoms with van der Waals surface area (Å²) < 4.78 is 8.13. The van der Waals surface area contributed by atoms with E-state index in [1.165, 1.54) is 0 Å². The minimum absolute atomic E-state index is 0.219. The van der Waals surface area contributed by atoms with Gasteiger partial charge in [-0.3, -0.25) is 4.79 Å². The highest BCUT2D eigenvalue weighted by Crippen LogP contribution is 2.38. The fraction of sp³-hybridized carbons (Fsp3) is 0.250. The Kier molecular flexibility index (Phi) is 5.51. The molecule has 0 saturated heterocycles. The molecule has 7 nitrogen and oxygen atoms in total. The zero-order valence-electron chi connectivity index (χ0n) is 16.2. The normalized spacial score (nSPS) is 15.8. The second kappa shape index (κ2) is 8.08. The molecular weight excluding hydrogens is 454 g/mol. The van der Waals surface area contributed by atoms with Crippen LogP contribution in [0.1, 0.15) is 31.2 Å². The molecule has 0 saturated carbocycles. The Hall–Kier alpha value is -2.52. The lowest BCUT2D eigenvalue weighted by atomic mass is 10.00. The zero-order valence-corrected chi connectivity index (χ0v) is 18.6. The second-order valence-electron chi connectivity index (χ2n) is 6.63. The van der Waals surface area contributed by atoms with Gasteiger partial charge in [-0.1, -0.05) is 30.8 Å². The molecule has 29 heavy (non-hydrogen) atoms. The minimum Gasteiger partial charge on any atom is -0.452 e. The topological polar surface area (TPSA) is 85.0 Å². The van der Waals surface area contributed by atoms with Crippen LogP contribution in [0, 0.1) is 6.92 Å². The minimum atomic E-state index is -0.527. The summed E-state index contributed by atoms with van der Waals surface area (Å²) in [6.07, 6.45) is 0. The number of carbonyl (C=O) groups is 1. The van der Waals surface area contributed by atoms with Crippen LogP contribution in [0.15, 0.2) is 61.9 Å². The molecule has 0 aliphatic carbocycles. The van der Waals surface area contributed by atoms with Crippen molar-refractivity contribution in [1.82, 2.24) is 14.8 Å². The van der Waals surface area contributed by atoms with Crippen LogP contribution in [0.25, 0.3) is 0 Å². The number of aryl methyl sites for hydroxylation is 1. The molecule has 4 rings (SSSR count). The van der Waals surface area contributed by atoms with E-state index in [1.807, 2.05) is 51.1 Å². The number of anilines is 2. The van der Waals surface area contributed by atoms with Crippen molar-refractivity contribution in [2.75, 3.05) is 16.4 Å². The summed E-state index contributed by atoms with van der Waals surface area (Å²) >= 11 is 4.90. The van der Waals surface area contributed by atoms with Crippen molar-refractivity contribution in [2.45, 2.75) is 32.0 Å². The number of hydrogen-bond donors (Lipinski definition) is 2. The van der Waals surface area contributed by atoms with Gasteiger partial charge in [-0.05, 0) is 65.4 Å². The number of carbonyl (C=O) groups excluding carboxylic acids is 1. The molecule has 150 valence electrons. The molecule has 2 aromatic heterocycles. The summed E-state index contributed by atoms with van der Waals surface area (Å²) in [6.45, 7) is 5.89. The van der Waals surface area contributed by atoms with Gasteiger partial charge >= 0.3 is 0 Å². The number of allylic oxidation sites excluding steroid dienone is 1. The Balaban J connectivity index is 1.76. The summed E-state index contributed by atoms with van der Waals surface area (Å²) in [6, 6.07) is 10.8. The standard InChI is InChI=1S/C20H20BrN5O2S/c1-4-29-20-24-19-22-12(3)16(18(27)23-13-7-5-6-11(2)10-13)17(26(19)25-20)14-8-9-15(21)28-14/h5-10,17H,4H2,1-3H3,(H,23,27)(H,22,24,25). The molecular formula is C20H20BrN5O2S. The number of nitrogens with one attached hydrogen (secondary N) is 2. The predicted molar refractivity (Wildman–Crippen MR) is 117 cm³/mol. The third-order valence-electron chi connectivity index (χ3n) is 4.49. The van der Waals surface area contributed by atoms with Crippen molar-refractivity contribution in [2.24, 2.45) is 0 Å². The Morgan fingerprint density at radius 3 is 2.86 bits per heavy atom. The van der Waals surface area contributed by atoms with E-state index < -0.39 is 6.04 Å². The Morgan fingerprint density at radius 2 is 2.17 bits per heavy atom. The van der Waals surface area contributed by atoms with E-state index in [2.05, 4.69) is 36.6 Å². The first-order valence-electron chi connectivity index (χ1n) is 9.16. The summed E-state index contributed by atoms with van der Waals surface area (Å²) in [4.78, 5) is 17.8. The van der Waals surface area contributed by atoms with E-state index in [1.54, 1.807) is 22.5 Å². The Bertz CT molecular complexity index is 1100. The number of amides is 1. The van der Waals surface area contributed by atoms with Crippen LogP contribution >= 0.6 is 27.7 Å². The largest absolute Gasteiger partial charge is 0.452 e. The highest BCUT2D eigenvalue weighted by molar-refractivity contribution is 9.10. The van der Waals surface area contributed by atoms with E-state index in [0.29, 0.717) is 32.8 Å². The first kappa shape index (κ1) is 19.8. The van der Waals surface area contributed by atoms with Crippen molar-refractivity contribution in [3.8, 4) is 0 Å². The van der Waals surface area contributed by atoms with E-state index >= 15 is 0 Å². The first-order valence-corrected chi connectivity index (χ1v) is 10.9. The van der Waals surface area contributed by atoms with Crippen LogP contribution in [0.5, 0.6) is 0 Å². The predicted octanol–water partition coefficient (Wildman–Crippen LogP) is 4.98. The van der Waals surface area contributed by atoms with Gasteiger partial charge in [0.2, 0.25) is 11.1 Å². The zero-order chi connectivity index (χ0) is 20.5. The molecule has 1 unspecified atom stereocenters. The molecule has 3 aromatic rings. The quantitative estimate of drug-likeness (QED) is 0.508. The molecule has 0 bridgehead atoms. The molecule has 1 atom stereocenters. The number of rotatable bonds is 5. The van der Waals surface area contributed by atoms with Crippen LogP contribution in [-0.2, 0) is 4.79 Å². The fourth-order valence-corrected chi connectivity index (χ4v) is 4.15. The van der Waals surface area contributed by atoms with Gasteiger partial charge in [-0.15, -0.1) is 5.10 Å². The summed E-state index contributed by atoms with van der Waals surface area (Å²) in [5, 5.41) is 11.5. The monoisotopic (exact) mass is 473 g/mol. The lowest BCUT2D eigenvalue weighted by Crippen LogP contribution is -2.31. The molecule has 0 spiro atoms.